The maximum absolute atomic E-state index is 9.00. The summed E-state index contributed by atoms with van der Waals surface area (Å²) in [5, 5.41) is 29.7. The molecule has 0 heterocycles. The van der Waals surface area contributed by atoms with Gasteiger partial charge in [0.1, 0.15) is 0 Å². The average molecular weight is 328 g/mol. The molecule has 0 saturated heterocycles. The van der Waals surface area contributed by atoms with E-state index in [9.17, 15) is 0 Å². The van der Waals surface area contributed by atoms with Crippen LogP contribution in [0.4, 0.5) is 0 Å². The molecule has 0 aliphatic carbocycles. The van der Waals surface area contributed by atoms with E-state index >= 15 is 0 Å². The molecule has 0 unspecified atom stereocenters. The van der Waals surface area contributed by atoms with Crippen LogP contribution in [-0.2, 0) is 19.2 Å². The molecule has 0 aliphatic rings. The molecular formula is C12H28N2O8. The molecule has 0 saturated carbocycles. The van der Waals surface area contributed by atoms with Gasteiger partial charge in [-0.05, 0) is 0 Å². The molecule has 0 atom stereocenters. The summed E-state index contributed by atoms with van der Waals surface area (Å²) in [4.78, 5) is 36.0. The van der Waals surface area contributed by atoms with E-state index in [1.165, 1.54) is 0 Å². The quantitative estimate of drug-likeness (QED) is 0.357. The van der Waals surface area contributed by atoms with Gasteiger partial charge in [0.05, 0.1) is 0 Å². The molecule has 0 spiro atoms. The molecule has 0 aromatic carbocycles. The minimum Gasteiger partial charge on any atom is -0.481 e. The van der Waals surface area contributed by atoms with Crippen LogP contribution in [-0.4, -0.2) is 57.4 Å². The zero-order chi connectivity index (χ0) is 19.7. The Morgan fingerprint density at radius 1 is 0.636 bits per heavy atom. The van der Waals surface area contributed by atoms with Crippen LogP contribution in [0.15, 0.2) is 13.2 Å². The summed E-state index contributed by atoms with van der Waals surface area (Å²) in [6, 6.07) is 0. The van der Waals surface area contributed by atoms with Crippen molar-refractivity contribution in [3.8, 4) is 0 Å². The second-order valence-electron chi connectivity index (χ2n) is 2.65. The zero-order valence-corrected chi connectivity index (χ0v) is 13.4. The lowest BCUT2D eigenvalue weighted by atomic mass is 10.7. The van der Waals surface area contributed by atoms with Crippen LogP contribution < -0.4 is 11.5 Å². The number of hydrogen-bond donors (Lipinski definition) is 6. The smallest absolute Gasteiger partial charge is 0.300 e. The third kappa shape index (κ3) is 2250. The van der Waals surface area contributed by atoms with E-state index in [4.69, 9.17) is 51.1 Å². The molecule has 134 valence electrons. The minimum absolute atomic E-state index is 0.597. The fraction of sp³-hybridized carbons (Fsp3) is 0.500. The number of rotatable bonds is 1. The molecule has 10 nitrogen and oxygen atoms in total. The summed E-state index contributed by atoms with van der Waals surface area (Å²) >= 11 is 0. The predicted octanol–water partition coefficient (Wildman–Crippen LogP) is 0.0696. The van der Waals surface area contributed by atoms with Gasteiger partial charge in [-0.25, -0.2) is 0 Å². The standard InChI is InChI=1S/C2H8N2.4C2H4O2.C2H4/c3-1-2-4;4*1-2(3)4;1-2/h1-4H2;4*1H3,(H,3,4);1-2H2. The van der Waals surface area contributed by atoms with Gasteiger partial charge < -0.3 is 31.9 Å². The number of hydrogen-bond acceptors (Lipinski definition) is 6. The Labute approximate surface area is 130 Å². The highest BCUT2D eigenvalue weighted by molar-refractivity contribution is 5.63. The summed E-state index contributed by atoms with van der Waals surface area (Å²) in [6.07, 6.45) is 0. The van der Waals surface area contributed by atoms with Crippen molar-refractivity contribution in [2.45, 2.75) is 27.7 Å². The van der Waals surface area contributed by atoms with Crippen LogP contribution in [0.25, 0.3) is 0 Å². The summed E-state index contributed by atoms with van der Waals surface area (Å²) in [5.41, 5.74) is 9.81. The van der Waals surface area contributed by atoms with Crippen molar-refractivity contribution in [2.24, 2.45) is 11.5 Å². The lowest BCUT2D eigenvalue weighted by Crippen LogP contribution is -2.11. The second kappa shape index (κ2) is 42.8. The van der Waals surface area contributed by atoms with Crippen molar-refractivity contribution >= 4 is 23.9 Å². The van der Waals surface area contributed by atoms with Crippen LogP contribution >= 0.6 is 0 Å². The molecule has 0 rings (SSSR count). The average Bonchev–Trinajstić information content (AvgIpc) is 2.28. The highest BCUT2D eigenvalue weighted by atomic mass is 16.4. The van der Waals surface area contributed by atoms with Crippen LogP contribution in [0.1, 0.15) is 27.7 Å². The van der Waals surface area contributed by atoms with Crippen molar-refractivity contribution in [1.29, 1.82) is 0 Å². The SMILES string of the molecule is C=C.CC(=O)O.CC(=O)O.CC(=O)O.CC(=O)O.NCCN. The van der Waals surface area contributed by atoms with Gasteiger partial charge >= 0.3 is 0 Å². The first-order valence-corrected chi connectivity index (χ1v) is 5.53. The van der Waals surface area contributed by atoms with Gasteiger partial charge in [0, 0.05) is 40.8 Å². The predicted molar refractivity (Wildman–Crippen MR) is 82.6 cm³/mol. The van der Waals surface area contributed by atoms with Crippen LogP contribution in [0, 0.1) is 0 Å². The number of nitrogens with two attached hydrogens (primary N) is 2. The maximum Gasteiger partial charge on any atom is 0.300 e. The van der Waals surface area contributed by atoms with Gasteiger partial charge in [0.25, 0.3) is 23.9 Å². The van der Waals surface area contributed by atoms with Crippen molar-refractivity contribution in [3.05, 3.63) is 13.2 Å². The number of aliphatic carboxylic acids is 4. The molecule has 0 fully saturated rings. The molecule has 22 heavy (non-hydrogen) atoms. The maximum atomic E-state index is 9.00. The molecule has 0 amide bonds. The molecule has 10 heteroatoms. The van der Waals surface area contributed by atoms with Gasteiger partial charge in [0.2, 0.25) is 0 Å². The third-order valence-corrected chi connectivity index (χ3v) is 0.167. The minimum atomic E-state index is -0.833. The summed E-state index contributed by atoms with van der Waals surface area (Å²) < 4.78 is 0. The van der Waals surface area contributed by atoms with Crippen molar-refractivity contribution in [3.63, 3.8) is 0 Å². The second-order valence-corrected chi connectivity index (χ2v) is 2.65. The fourth-order valence-electron chi connectivity index (χ4n) is 0. The van der Waals surface area contributed by atoms with Gasteiger partial charge in [0.15, 0.2) is 0 Å². The van der Waals surface area contributed by atoms with E-state index in [1.807, 2.05) is 0 Å². The Hall–Kier alpha value is -2.46. The number of carbonyl (C=O) groups is 4. The molecule has 0 radical (unpaired) electrons. The lowest BCUT2D eigenvalue weighted by molar-refractivity contribution is -0.135. The Bertz CT molecular complexity index is 204. The van der Waals surface area contributed by atoms with Gasteiger partial charge in [-0.3, -0.25) is 19.2 Å². The first kappa shape index (κ1) is 36.6. The Kier molecular flexibility index (Phi) is 71.3. The monoisotopic (exact) mass is 328 g/mol. The molecule has 0 aliphatic heterocycles. The number of carboxylic acids is 4. The zero-order valence-electron chi connectivity index (χ0n) is 13.4. The highest BCUT2D eigenvalue weighted by Crippen LogP contribution is 1.43. The van der Waals surface area contributed by atoms with Crippen LogP contribution in [0.3, 0.4) is 0 Å². The fourth-order valence-corrected chi connectivity index (χ4v) is 0. The van der Waals surface area contributed by atoms with Gasteiger partial charge in [-0.2, -0.15) is 0 Å². The Balaban J connectivity index is -0.0000000353. The Morgan fingerprint density at radius 3 is 0.682 bits per heavy atom. The van der Waals surface area contributed by atoms with Crippen molar-refractivity contribution in [1.82, 2.24) is 0 Å². The van der Waals surface area contributed by atoms with E-state index in [-0.39, 0.29) is 0 Å². The number of carboxylic acid groups (broad SMARTS) is 4. The summed E-state index contributed by atoms with van der Waals surface area (Å²) in [5.74, 6) is -3.33. The third-order valence-electron chi connectivity index (χ3n) is 0.167. The van der Waals surface area contributed by atoms with Crippen LogP contribution in [0.2, 0.25) is 0 Å². The lowest BCUT2D eigenvalue weighted by Gasteiger charge is -1.72. The Morgan fingerprint density at radius 2 is 0.682 bits per heavy atom. The molecule has 0 bridgehead atoms. The molecule has 0 aromatic rings. The summed E-state index contributed by atoms with van der Waals surface area (Å²) in [6.45, 7) is 11.5. The normalized spacial score (nSPS) is 6.09. The van der Waals surface area contributed by atoms with E-state index in [2.05, 4.69) is 13.2 Å². The van der Waals surface area contributed by atoms with E-state index in [0.29, 0.717) is 13.1 Å². The van der Waals surface area contributed by atoms with Crippen molar-refractivity contribution < 1.29 is 39.6 Å². The molecule has 0 aromatic heterocycles. The van der Waals surface area contributed by atoms with Crippen molar-refractivity contribution in [2.75, 3.05) is 13.1 Å². The van der Waals surface area contributed by atoms with Gasteiger partial charge in [-0.1, -0.05) is 0 Å². The summed E-state index contributed by atoms with van der Waals surface area (Å²) in [7, 11) is 0. The van der Waals surface area contributed by atoms with Crippen LogP contribution in [0.5, 0.6) is 0 Å². The van der Waals surface area contributed by atoms with E-state index < -0.39 is 23.9 Å². The van der Waals surface area contributed by atoms with Gasteiger partial charge in [-0.15, -0.1) is 13.2 Å². The topological polar surface area (TPSA) is 201 Å². The highest BCUT2D eigenvalue weighted by Gasteiger charge is 1.66. The molecule has 8 N–H and O–H groups in total. The van der Waals surface area contributed by atoms with E-state index in [0.717, 1.165) is 27.7 Å². The largest absolute Gasteiger partial charge is 0.481 e. The van der Waals surface area contributed by atoms with E-state index in [1.54, 1.807) is 0 Å². The first-order valence-electron chi connectivity index (χ1n) is 5.53. The first-order chi connectivity index (χ1) is 9.84. The molecular weight excluding hydrogens is 300 g/mol.